The zero-order valence-corrected chi connectivity index (χ0v) is 9.90. The number of methoxy groups -OCH3 is 1. The summed E-state index contributed by atoms with van der Waals surface area (Å²) in [5.41, 5.74) is 0. The minimum atomic E-state index is -0.923. The molecule has 0 bridgehead atoms. The number of rotatable bonds is 8. The van der Waals surface area contributed by atoms with Crippen molar-refractivity contribution in [1.82, 2.24) is 4.90 Å². The molecule has 0 aromatic carbocycles. The summed E-state index contributed by atoms with van der Waals surface area (Å²) in [6, 6.07) is 0.178. The van der Waals surface area contributed by atoms with Crippen molar-refractivity contribution in [3.63, 3.8) is 0 Å². The van der Waals surface area contributed by atoms with Crippen LogP contribution in [0.15, 0.2) is 0 Å². The molecule has 0 aromatic rings. The second-order valence-corrected chi connectivity index (χ2v) is 3.53. The molecule has 2 atom stereocenters. The highest BCUT2D eigenvalue weighted by molar-refractivity contribution is 5.72. The maximum Gasteiger partial charge on any atom is 0.334 e. The van der Waals surface area contributed by atoms with Crippen molar-refractivity contribution < 1.29 is 19.4 Å². The maximum absolute atomic E-state index is 10.8. The van der Waals surface area contributed by atoms with Gasteiger partial charge in [-0.2, -0.15) is 0 Å². The molecule has 2 unspecified atom stereocenters. The molecule has 0 aromatic heterocycles. The summed E-state index contributed by atoms with van der Waals surface area (Å²) in [6.45, 7) is 5.12. The summed E-state index contributed by atoms with van der Waals surface area (Å²) >= 11 is 0. The fourth-order valence-electron chi connectivity index (χ4n) is 1.21. The van der Waals surface area contributed by atoms with Gasteiger partial charge in [-0.3, -0.25) is 4.90 Å². The van der Waals surface area contributed by atoms with Gasteiger partial charge in [0.25, 0.3) is 0 Å². The van der Waals surface area contributed by atoms with Gasteiger partial charge in [0.1, 0.15) is 0 Å². The zero-order valence-electron chi connectivity index (χ0n) is 9.90. The Bertz CT molecular complexity index is 186. The molecule has 0 aliphatic rings. The van der Waals surface area contributed by atoms with Crippen LogP contribution in [0.3, 0.4) is 0 Å². The van der Waals surface area contributed by atoms with Crippen LogP contribution in [-0.2, 0) is 14.3 Å². The highest BCUT2D eigenvalue weighted by atomic mass is 16.5. The molecule has 0 aliphatic carbocycles. The minimum Gasteiger partial charge on any atom is -0.479 e. The Morgan fingerprint density at radius 3 is 2.53 bits per heavy atom. The van der Waals surface area contributed by atoms with Crippen LogP contribution in [0.4, 0.5) is 0 Å². The first kappa shape index (κ1) is 14.3. The highest BCUT2D eigenvalue weighted by Gasteiger charge is 2.21. The van der Waals surface area contributed by atoms with Crippen LogP contribution >= 0.6 is 0 Å². The van der Waals surface area contributed by atoms with Gasteiger partial charge in [-0.15, -0.1) is 0 Å². The van der Waals surface area contributed by atoms with Crippen molar-refractivity contribution in [1.29, 1.82) is 0 Å². The molecular formula is C10H21NO4. The van der Waals surface area contributed by atoms with E-state index in [0.717, 1.165) is 0 Å². The van der Waals surface area contributed by atoms with Crippen LogP contribution in [0, 0.1) is 0 Å². The van der Waals surface area contributed by atoms with Crippen molar-refractivity contribution >= 4 is 5.97 Å². The molecule has 0 fully saturated rings. The molecule has 0 heterocycles. The zero-order chi connectivity index (χ0) is 11.8. The third-order valence-electron chi connectivity index (χ3n) is 2.26. The summed E-state index contributed by atoms with van der Waals surface area (Å²) < 4.78 is 10.1. The fraction of sp³-hybridized carbons (Fsp3) is 0.900. The van der Waals surface area contributed by atoms with Gasteiger partial charge in [0.15, 0.2) is 6.10 Å². The fourth-order valence-corrected chi connectivity index (χ4v) is 1.21. The van der Waals surface area contributed by atoms with E-state index in [9.17, 15) is 4.79 Å². The van der Waals surface area contributed by atoms with Crippen molar-refractivity contribution in [2.24, 2.45) is 0 Å². The molecule has 5 heteroatoms. The first-order valence-electron chi connectivity index (χ1n) is 5.06. The quantitative estimate of drug-likeness (QED) is 0.642. The van der Waals surface area contributed by atoms with Gasteiger partial charge in [-0.1, -0.05) is 0 Å². The van der Waals surface area contributed by atoms with E-state index < -0.39 is 12.1 Å². The number of nitrogens with zero attached hydrogens (tertiary/aromatic N) is 1. The number of ether oxygens (including phenoxy) is 2. The topological polar surface area (TPSA) is 59.0 Å². The molecule has 1 N–H and O–H groups in total. The molecule has 0 amide bonds. The van der Waals surface area contributed by atoms with Crippen LogP contribution in [0.1, 0.15) is 13.8 Å². The van der Waals surface area contributed by atoms with Crippen LogP contribution in [0.5, 0.6) is 0 Å². The third-order valence-corrected chi connectivity index (χ3v) is 2.26. The van der Waals surface area contributed by atoms with Gasteiger partial charge in [-0.05, 0) is 20.9 Å². The predicted molar refractivity (Wildman–Crippen MR) is 57.0 cm³/mol. The number of carboxylic acids is 1. The highest BCUT2D eigenvalue weighted by Crippen LogP contribution is 2.01. The third kappa shape index (κ3) is 5.71. The van der Waals surface area contributed by atoms with Crippen LogP contribution in [0.25, 0.3) is 0 Å². The van der Waals surface area contributed by atoms with Crippen LogP contribution in [-0.4, -0.2) is 62.0 Å². The molecule has 90 valence electrons. The lowest BCUT2D eigenvalue weighted by Gasteiger charge is -2.26. The molecule has 0 spiro atoms. The smallest absolute Gasteiger partial charge is 0.334 e. The maximum atomic E-state index is 10.8. The van der Waals surface area contributed by atoms with Gasteiger partial charge in [0, 0.05) is 26.3 Å². The molecule has 5 nitrogen and oxygen atoms in total. The van der Waals surface area contributed by atoms with Gasteiger partial charge >= 0.3 is 5.97 Å². The lowest BCUT2D eigenvalue weighted by atomic mass is 10.2. The van der Waals surface area contributed by atoms with Crippen molar-refractivity contribution in [3.8, 4) is 0 Å². The van der Waals surface area contributed by atoms with Crippen LogP contribution in [0.2, 0.25) is 0 Å². The summed E-state index contributed by atoms with van der Waals surface area (Å²) in [5, 5.41) is 8.88. The number of carbonyl (C=O) groups is 1. The second kappa shape index (κ2) is 7.62. The Morgan fingerprint density at radius 1 is 1.53 bits per heavy atom. The minimum absolute atomic E-state index is 0.178. The standard InChI is InChI=1S/C10H21NO4/c1-5-15-9(10(12)13)6-11(3)8(2)7-14-4/h8-9H,5-7H2,1-4H3,(H,12,13). The number of aliphatic carboxylic acids is 1. The SMILES string of the molecule is CCOC(CN(C)C(C)COC)C(=O)O. The van der Waals surface area contributed by atoms with Crippen molar-refractivity contribution in [3.05, 3.63) is 0 Å². The van der Waals surface area contributed by atoms with Gasteiger partial charge in [0.05, 0.1) is 6.61 Å². The largest absolute Gasteiger partial charge is 0.479 e. The molecule has 0 saturated heterocycles. The summed E-state index contributed by atoms with van der Waals surface area (Å²) in [6.07, 6.45) is -0.765. The number of hydrogen-bond donors (Lipinski definition) is 1. The van der Waals surface area contributed by atoms with Crippen molar-refractivity contribution in [2.45, 2.75) is 26.0 Å². The van der Waals surface area contributed by atoms with Gasteiger partial charge in [-0.25, -0.2) is 4.79 Å². The van der Waals surface area contributed by atoms with Gasteiger partial charge < -0.3 is 14.6 Å². The normalized spacial score (nSPS) is 15.3. The first-order valence-corrected chi connectivity index (χ1v) is 5.06. The molecular weight excluding hydrogens is 198 g/mol. The lowest BCUT2D eigenvalue weighted by Crippen LogP contribution is -2.42. The predicted octanol–water partition coefficient (Wildman–Crippen LogP) is 0.443. The van der Waals surface area contributed by atoms with Gasteiger partial charge in [0.2, 0.25) is 0 Å². The second-order valence-electron chi connectivity index (χ2n) is 3.53. The summed E-state index contributed by atoms with van der Waals surface area (Å²) in [5.74, 6) is -0.923. The van der Waals surface area contributed by atoms with E-state index >= 15 is 0 Å². The van der Waals surface area contributed by atoms with E-state index in [1.54, 1.807) is 14.0 Å². The summed E-state index contributed by atoms with van der Waals surface area (Å²) in [7, 11) is 3.49. The monoisotopic (exact) mass is 219 g/mol. The van der Waals surface area contributed by atoms with E-state index in [0.29, 0.717) is 19.8 Å². The van der Waals surface area contributed by atoms with E-state index in [-0.39, 0.29) is 6.04 Å². The number of likely N-dealkylation sites (N-methyl/N-ethyl adjacent to an activating group) is 1. The Hall–Kier alpha value is -0.650. The summed E-state index contributed by atoms with van der Waals surface area (Å²) in [4.78, 5) is 12.7. The Labute approximate surface area is 91.0 Å². The van der Waals surface area contributed by atoms with E-state index in [4.69, 9.17) is 14.6 Å². The molecule has 15 heavy (non-hydrogen) atoms. The Kier molecular flexibility index (Phi) is 7.29. The Balaban J connectivity index is 4.09. The van der Waals surface area contributed by atoms with Crippen LogP contribution < -0.4 is 0 Å². The average Bonchev–Trinajstić information content (AvgIpc) is 2.17. The average molecular weight is 219 g/mol. The van der Waals surface area contributed by atoms with E-state index in [2.05, 4.69) is 0 Å². The molecule has 0 radical (unpaired) electrons. The van der Waals surface area contributed by atoms with E-state index in [1.165, 1.54) is 0 Å². The van der Waals surface area contributed by atoms with E-state index in [1.807, 2.05) is 18.9 Å². The molecule has 0 saturated carbocycles. The molecule has 0 aliphatic heterocycles. The number of carboxylic acid groups (broad SMARTS) is 1. The number of hydrogen-bond acceptors (Lipinski definition) is 4. The molecule has 0 rings (SSSR count). The first-order chi connectivity index (χ1) is 7.02. The van der Waals surface area contributed by atoms with Crippen molar-refractivity contribution in [2.75, 3.05) is 33.9 Å². The lowest BCUT2D eigenvalue weighted by molar-refractivity contribution is -0.151. The Morgan fingerprint density at radius 2 is 2.13 bits per heavy atom.